The van der Waals surface area contributed by atoms with Crippen LogP contribution in [-0.4, -0.2) is 25.9 Å². The molecular formula is C15H13N3O3S3. The van der Waals surface area contributed by atoms with Crippen molar-refractivity contribution in [2.45, 2.75) is 4.21 Å². The van der Waals surface area contributed by atoms with Crippen LogP contribution in [0, 0.1) is 0 Å². The van der Waals surface area contributed by atoms with Crippen molar-refractivity contribution in [3.63, 3.8) is 0 Å². The van der Waals surface area contributed by atoms with Gasteiger partial charge < -0.3 is 5.32 Å². The minimum Gasteiger partial charge on any atom is -0.325 e. The Hall–Kier alpha value is -2.07. The topological polar surface area (TPSA) is 88.2 Å². The molecule has 0 radical (unpaired) electrons. The molecule has 1 aromatic carbocycles. The maximum atomic E-state index is 12.0. The van der Waals surface area contributed by atoms with Crippen LogP contribution in [-0.2, 0) is 14.8 Å². The largest absolute Gasteiger partial charge is 0.325 e. The highest BCUT2D eigenvalue weighted by molar-refractivity contribution is 7.91. The summed E-state index contributed by atoms with van der Waals surface area (Å²) >= 11 is 2.60. The van der Waals surface area contributed by atoms with Crippen molar-refractivity contribution >= 4 is 44.3 Å². The van der Waals surface area contributed by atoms with Crippen molar-refractivity contribution in [3.05, 3.63) is 53.4 Å². The molecule has 0 spiro atoms. The highest BCUT2D eigenvalue weighted by Gasteiger charge is 2.16. The van der Waals surface area contributed by atoms with Gasteiger partial charge in [0.15, 0.2) is 0 Å². The molecular weight excluding hydrogens is 366 g/mol. The number of hydrogen-bond acceptors (Lipinski definition) is 6. The number of nitrogens with zero attached hydrogens (tertiary/aromatic N) is 1. The van der Waals surface area contributed by atoms with Crippen LogP contribution in [0.4, 0.5) is 5.69 Å². The number of rotatable bonds is 6. The third-order valence-corrected chi connectivity index (χ3v) is 6.63. The minimum atomic E-state index is -3.65. The predicted octanol–water partition coefficient (Wildman–Crippen LogP) is 2.79. The number of aromatic nitrogens is 1. The Bertz CT molecular complexity index is 920. The number of nitrogens with one attached hydrogen (secondary N) is 2. The summed E-state index contributed by atoms with van der Waals surface area (Å²) in [5, 5.41) is 7.07. The third-order valence-electron chi connectivity index (χ3n) is 3.01. The van der Waals surface area contributed by atoms with Gasteiger partial charge in [-0.1, -0.05) is 18.2 Å². The summed E-state index contributed by atoms with van der Waals surface area (Å²) < 4.78 is 26.4. The van der Waals surface area contributed by atoms with Gasteiger partial charge in [-0.3, -0.25) is 4.79 Å². The second-order valence-corrected chi connectivity index (χ2v) is 8.56. The van der Waals surface area contributed by atoms with E-state index in [0.29, 0.717) is 5.69 Å². The molecule has 0 aliphatic rings. The lowest BCUT2D eigenvalue weighted by Gasteiger charge is -2.07. The Morgan fingerprint density at radius 1 is 1.12 bits per heavy atom. The second kappa shape index (κ2) is 7.22. The summed E-state index contributed by atoms with van der Waals surface area (Å²) in [4.78, 5) is 16.2. The number of carbonyl (C=O) groups is 1. The SMILES string of the molecule is O=C(CNS(=O)(=O)c1cccs1)Nc1cccc(-c2nccs2)c1. The molecule has 2 N–H and O–H groups in total. The molecule has 24 heavy (non-hydrogen) atoms. The van der Waals surface area contributed by atoms with Crippen LogP contribution in [0.2, 0.25) is 0 Å². The fraction of sp³-hybridized carbons (Fsp3) is 0.0667. The average molecular weight is 379 g/mol. The summed E-state index contributed by atoms with van der Waals surface area (Å²) in [7, 11) is -3.65. The van der Waals surface area contributed by atoms with E-state index >= 15 is 0 Å². The molecule has 1 amide bonds. The Morgan fingerprint density at radius 2 is 2.00 bits per heavy atom. The quantitative estimate of drug-likeness (QED) is 0.689. The maximum Gasteiger partial charge on any atom is 0.250 e. The maximum absolute atomic E-state index is 12.0. The standard InChI is InChI=1S/C15H13N3O3S3/c19-13(10-17-24(20,21)14-5-2-7-22-14)18-12-4-1-3-11(9-12)15-16-6-8-23-15/h1-9,17H,10H2,(H,18,19). The van der Waals surface area contributed by atoms with Gasteiger partial charge in [-0.2, -0.15) is 0 Å². The van der Waals surface area contributed by atoms with Gasteiger partial charge in [0.2, 0.25) is 5.91 Å². The molecule has 124 valence electrons. The minimum absolute atomic E-state index is 0.182. The fourth-order valence-corrected chi connectivity index (χ4v) is 4.60. The monoisotopic (exact) mass is 379 g/mol. The van der Waals surface area contributed by atoms with Crippen LogP contribution in [0.5, 0.6) is 0 Å². The van der Waals surface area contributed by atoms with E-state index < -0.39 is 15.9 Å². The first kappa shape index (κ1) is 16.8. The zero-order valence-electron chi connectivity index (χ0n) is 12.3. The van der Waals surface area contributed by atoms with Crippen LogP contribution in [0.1, 0.15) is 0 Å². The Labute approximate surface area is 147 Å². The van der Waals surface area contributed by atoms with Crippen molar-refractivity contribution < 1.29 is 13.2 Å². The van der Waals surface area contributed by atoms with E-state index in [2.05, 4.69) is 15.0 Å². The summed E-state index contributed by atoms with van der Waals surface area (Å²) in [5.41, 5.74) is 1.48. The first-order chi connectivity index (χ1) is 11.5. The molecule has 0 bridgehead atoms. The molecule has 3 aromatic rings. The molecule has 0 unspecified atom stereocenters. The van der Waals surface area contributed by atoms with Crippen molar-refractivity contribution in [1.29, 1.82) is 0 Å². The molecule has 6 nitrogen and oxygen atoms in total. The number of hydrogen-bond donors (Lipinski definition) is 2. The summed E-state index contributed by atoms with van der Waals surface area (Å²) in [5.74, 6) is -0.439. The molecule has 2 heterocycles. The van der Waals surface area contributed by atoms with Gasteiger partial charge in [-0.25, -0.2) is 18.1 Å². The number of carbonyl (C=O) groups excluding carboxylic acids is 1. The lowest BCUT2D eigenvalue weighted by molar-refractivity contribution is -0.115. The zero-order valence-corrected chi connectivity index (χ0v) is 14.7. The number of thiazole rings is 1. The normalized spacial score (nSPS) is 11.3. The van der Waals surface area contributed by atoms with E-state index in [4.69, 9.17) is 0 Å². The summed E-state index contributed by atoms with van der Waals surface area (Å²) in [6.07, 6.45) is 1.71. The molecule has 3 rings (SSSR count). The second-order valence-electron chi connectivity index (χ2n) is 4.72. The molecule has 0 saturated heterocycles. The molecule has 0 aliphatic carbocycles. The molecule has 0 aliphatic heterocycles. The van der Waals surface area contributed by atoms with E-state index in [1.807, 2.05) is 17.5 Å². The molecule has 0 fully saturated rings. The average Bonchev–Trinajstić information content (AvgIpc) is 3.26. The van der Waals surface area contributed by atoms with E-state index in [1.54, 1.807) is 29.8 Å². The highest BCUT2D eigenvalue weighted by atomic mass is 32.2. The van der Waals surface area contributed by atoms with Crippen LogP contribution in [0.25, 0.3) is 10.6 Å². The number of amides is 1. The van der Waals surface area contributed by atoms with Gasteiger partial charge in [-0.15, -0.1) is 22.7 Å². The zero-order chi connectivity index (χ0) is 17.0. The molecule has 0 atom stereocenters. The number of benzene rings is 1. The van der Waals surface area contributed by atoms with Crippen LogP contribution in [0.15, 0.2) is 57.6 Å². The highest BCUT2D eigenvalue weighted by Crippen LogP contribution is 2.24. The van der Waals surface area contributed by atoms with E-state index in [0.717, 1.165) is 21.9 Å². The lowest BCUT2D eigenvalue weighted by atomic mass is 10.2. The number of anilines is 1. The van der Waals surface area contributed by atoms with Gasteiger partial charge >= 0.3 is 0 Å². The van der Waals surface area contributed by atoms with Gasteiger partial charge in [0.05, 0.1) is 6.54 Å². The Balaban J connectivity index is 1.62. The molecule has 0 saturated carbocycles. The predicted molar refractivity (Wildman–Crippen MR) is 95.7 cm³/mol. The van der Waals surface area contributed by atoms with Crippen LogP contribution < -0.4 is 10.0 Å². The van der Waals surface area contributed by atoms with Gasteiger partial charge in [0, 0.05) is 22.8 Å². The van der Waals surface area contributed by atoms with Crippen LogP contribution in [0.3, 0.4) is 0 Å². The first-order valence-electron chi connectivity index (χ1n) is 6.87. The molecule has 2 aromatic heterocycles. The van der Waals surface area contributed by atoms with E-state index in [9.17, 15) is 13.2 Å². The van der Waals surface area contributed by atoms with Crippen molar-refractivity contribution in [3.8, 4) is 10.6 Å². The van der Waals surface area contributed by atoms with Gasteiger partial charge in [0.25, 0.3) is 10.0 Å². The first-order valence-corrected chi connectivity index (χ1v) is 10.1. The van der Waals surface area contributed by atoms with Gasteiger partial charge in [-0.05, 0) is 23.6 Å². The van der Waals surface area contributed by atoms with Gasteiger partial charge in [0.1, 0.15) is 9.22 Å². The molecule has 9 heteroatoms. The fourth-order valence-electron chi connectivity index (χ4n) is 1.95. The van der Waals surface area contributed by atoms with E-state index in [-0.39, 0.29) is 10.8 Å². The van der Waals surface area contributed by atoms with Crippen molar-refractivity contribution in [2.75, 3.05) is 11.9 Å². The lowest BCUT2D eigenvalue weighted by Crippen LogP contribution is -2.32. The summed E-state index contributed by atoms with van der Waals surface area (Å²) in [6, 6.07) is 10.4. The van der Waals surface area contributed by atoms with Crippen molar-refractivity contribution in [1.82, 2.24) is 9.71 Å². The Morgan fingerprint density at radius 3 is 2.71 bits per heavy atom. The number of sulfonamides is 1. The Kier molecular flexibility index (Phi) is 5.05. The summed E-state index contributed by atoms with van der Waals surface area (Å²) in [6.45, 7) is -0.332. The third kappa shape index (κ3) is 4.06. The van der Waals surface area contributed by atoms with Crippen LogP contribution >= 0.6 is 22.7 Å². The van der Waals surface area contributed by atoms with E-state index in [1.165, 1.54) is 17.4 Å². The number of thiophene rings is 1. The smallest absolute Gasteiger partial charge is 0.250 e. The van der Waals surface area contributed by atoms with Crippen molar-refractivity contribution in [2.24, 2.45) is 0 Å².